The molecule has 0 amide bonds. The molecule has 0 fully saturated rings. The van der Waals surface area contributed by atoms with Crippen molar-refractivity contribution >= 4 is 60.9 Å². The van der Waals surface area contributed by atoms with Gasteiger partial charge in [0.1, 0.15) is 22.3 Å². The van der Waals surface area contributed by atoms with Crippen LogP contribution in [-0.4, -0.2) is 0 Å². The molecule has 2 aliphatic rings. The molecule has 0 N–H and O–H groups in total. The second kappa shape index (κ2) is 14.2. The van der Waals surface area contributed by atoms with E-state index in [9.17, 15) is 0 Å². The molecule has 0 bridgehead atoms. The fourth-order valence-electron chi connectivity index (χ4n) is 11.8. The molecule has 0 atom stereocenters. The highest BCUT2D eigenvalue weighted by Crippen LogP contribution is 2.58. The first-order valence-electron chi connectivity index (χ1n) is 24.1. The Morgan fingerprint density at radius 1 is 0.412 bits per heavy atom. The van der Waals surface area contributed by atoms with E-state index in [0.717, 1.165) is 66.9 Å². The molecule has 3 heteroatoms. The van der Waals surface area contributed by atoms with Gasteiger partial charge in [-0.15, -0.1) is 0 Å². The minimum absolute atomic E-state index is 0.0644. The van der Waals surface area contributed by atoms with Gasteiger partial charge in [0, 0.05) is 60.6 Å². The largest absolute Gasteiger partial charge is 0.455 e. The number of benzene rings is 9. The topological polar surface area (TPSA) is 29.5 Å². The monoisotopic (exact) mass is 879 g/mol. The second-order valence-electron chi connectivity index (χ2n) is 21.4. The molecule has 3 nitrogen and oxygen atoms in total. The van der Waals surface area contributed by atoms with Gasteiger partial charge in [-0.3, -0.25) is 0 Å². The van der Waals surface area contributed by atoms with Gasteiger partial charge in [0.25, 0.3) is 0 Å². The number of anilines is 3. The molecule has 0 aliphatic heterocycles. The molecule has 9 aromatic carbocycles. The highest BCUT2D eigenvalue weighted by atomic mass is 16.3. The highest BCUT2D eigenvalue weighted by Gasteiger charge is 2.41. The Labute approximate surface area is 398 Å². The van der Waals surface area contributed by atoms with E-state index in [4.69, 9.17) is 8.83 Å². The molecule has 2 aromatic heterocycles. The van der Waals surface area contributed by atoms with Gasteiger partial charge < -0.3 is 13.7 Å². The zero-order chi connectivity index (χ0) is 46.4. The normalized spacial score (nSPS) is 14.4. The van der Waals surface area contributed by atoms with Crippen molar-refractivity contribution in [2.24, 2.45) is 0 Å². The Balaban J connectivity index is 0.994. The van der Waals surface area contributed by atoms with Gasteiger partial charge in [0.05, 0.1) is 0 Å². The number of rotatable bonds is 5. The van der Waals surface area contributed by atoms with Crippen LogP contribution in [-0.2, 0) is 16.2 Å². The van der Waals surface area contributed by atoms with Crippen LogP contribution in [0.3, 0.4) is 0 Å². The summed E-state index contributed by atoms with van der Waals surface area (Å²) in [4.78, 5) is 2.46. The number of hydrogen-bond donors (Lipinski definition) is 0. The highest BCUT2D eigenvalue weighted by molar-refractivity contribution is 6.20. The molecule has 2 aliphatic carbocycles. The van der Waals surface area contributed by atoms with Crippen molar-refractivity contribution in [2.45, 2.75) is 71.6 Å². The van der Waals surface area contributed by atoms with Crippen LogP contribution in [0.5, 0.6) is 0 Å². The molecular formula is C65H53NO2. The zero-order valence-corrected chi connectivity index (χ0v) is 40.0. The van der Waals surface area contributed by atoms with Crippen LogP contribution < -0.4 is 4.90 Å². The molecular weight excluding hydrogens is 827 g/mol. The van der Waals surface area contributed by atoms with Gasteiger partial charge in [-0.1, -0.05) is 169 Å². The molecule has 2 heterocycles. The molecule has 11 aromatic rings. The predicted octanol–water partition coefficient (Wildman–Crippen LogP) is 18.5. The van der Waals surface area contributed by atoms with Crippen molar-refractivity contribution < 1.29 is 8.83 Å². The number of para-hydroxylation sites is 2. The van der Waals surface area contributed by atoms with Gasteiger partial charge >= 0.3 is 0 Å². The number of fused-ring (bicyclic) bond motifs is 14. The van der Waals surface area contributed by atoms with E-state index in [0.29, 0.717) is 0 Å². The van der Waals surface area contributed by atoms with Crippen molar-refractivity contribution in [3.05, 3.63) is 209 Å². The SMILES string of the molecule is Cc1ccc(N(c2ccc3c(c2)C(C)(C)c2cc(-c4ccccc4)c4oc5ccccc5c4c2-3)c2ccc3c(c2)C(C)(C)c2cc(-c4ccc(C(C)(C)C)cc4)c4oc5ccccc5c4c2-3)cc1. The minimum Gasteiger partial charge on any atom is -0.455 e. The lowest BCUT2D eigenvalue weighted by molar-refractivity contribution is 0.590. The van der Waals surface area contributed by atoms with E-state index in [1.165, 1.54) is 72.0 Å². The maximum Gasteiger partial charge on any atom is 0.143 e. The smallest absolute Gasteiger partial charge is 0.143 e. The Morgan fingerprint density at radius 3 is 1.34 bits per heavy atom. The van der Waals surface area contributed by atoms with Gasteiger partial charge in [0.2, 0.25) is 0 Å². The summed E-state index contributed by atoms with van der Waals surface area (Å²) >= 11 is 0. The summed E-state index contributed by atoms with van der Waals surface area (Å²) in [7, 11) is 0. The van der Waals surface area contributed by atoms with Crippen LogP contribution in [0.15, 0.2) is 185 Å². The Hall–Kier alpha value is -7.62. The number of furan rings is 2. The maximum atomic E-state index is 6.86. The minimum atomic E-state index is -0.303. The van der Waals surface area contributed by atoms with E-state index >= 15 is 0 Å². The molecule has 0 saturated heterocycles. The molecule has 0 radical (unpaired) electrons. The van der Waals surface area contributed by atoms with Crippen LogP contribution in [0.25, 0.3) is 88.4 Å². The first-order valence-corrected chi connectivity index (χ1v) is 24.1. The summed E-state index contributed by atoms with van der Waals surface area (Å²) in [5.41, 5.74) is 24.1. The average molecular weight is 880 g/mol. The molecule has 330 valence electrons. The zero-order valence-electron chi connectivity index (χ0n) is 40.0. The summed E-state index contributed by atoms with van der Waals surface area (Å²) in [6, 6.07) is 65.0. The lowest BCUT2D eigenvalue weighted by atomic mass is 9.80. The Morgan fingerprint density at radius 2 is 0.853 bits per heavy atom. The van der Waals surface area contributed by atoms with E-state index in [2.05, 4.69) is 236 Å². The molecule has 0 unspecified atom stereocenters. The van der Waals surface area contributed by atoms with Crippen LogP contribution >= 0.6 is 0 Å². The van der Waals surface area contributed by atoms with Gasteiger partial charge in [-0.05, 0) is 134 Å². The average Bonchev–Trinajstić information content (AvgIpc) is 4.04. The van der Waals surface area contributed by atoms with Crippen molar-refractivity contribution in [1.29, 1.82) is 0 Å². The predicted molar refractivity (Wildman–Crippen MR) is 285 cm³/mol. The fourth-order valence-corrected chi connectivity index (χ4v) is 11.8. The van der Waals surface area contributed by atoms with Gasteiger partial charge in [-0.25, -0.2) is 0 Å². The second-order valence-corrected chi connectivity index (χ2v) is 21.4. The number of aryl methyl sites for hydroxylation is 1. The summed E-state index contributed by atoms with van der Waals surface area (Å²) < 4.78 is 13.6. The lowest BCUT2D eigenvalue weighted by Crippen LogP contribution is -2.18. The quantitative estimate of drug-likeness (QED) is 0.172. The maximum absolute atomic E-state index is 6.86. The third-order valence-electron chi connectivity index (χ3n) is 15.5. The van der Waals surface area contributed by atoms with Crippen LogP contribution in [0.1, 0.15) is 81.8 Å². The van der Waals surface area contributed by atoms with Crippen molar-refractivity contribution in [1.82, 2.24) is 0 Å². The summed E-state index contributed by atoms with van der Waals surface area (Å²) in [6.45, 7) is 18.6. The first-order chi connectivity index (χ1) is 32.8. The number of hydrogen-bond acceptors (Lipinski definition) is 3. The summed E-state index contributed by atoms with van der Waals surface area (Å²) in [5, 5.41) is 4.69. The van der Waals surface area contributed by atoms with E-state index in [1.807, 2.05) is 0 Å². The third-order valence-corrected chi connectivity index (χ3v) is 15.5. The third kappa shape index (κ3) is 5.78. The molecule has 0 saturated carbocycles. The standard InChI is InChI=1S/C65H53NO2/c1-38-22-28-42(29-23-38)66(43-30-32-45-51(34-43)64(5,6)53-36-49(39-16-10-9-11-17-39)61-59(57(45)53)47-18-12-14-20-55(47)67-61)44-31-33-46-52(35-44)65(7,8)54-37-50(40-24-26-41(27-25-40)63(2,3)4)62-60(58(46)54)48-19-13-15-21-56(48)68-62/h9-37H,1-8H3. The lowest BCUT2D eigenvalue weighted by Gasteiger charge is -2.30. The van der Waals surface area contributed by atoms with Gasteiger partial charge in [0.15, 0.2) is 0 Å². The fraction of sp³-hybridized carbons (Fsp3) is 0.169. The van der Waals surface area contributed by atoms with Gasteiger partial charge in [-0.2, -0.15) is 0 Å². The van der Waals surface area contributed by atoms with Crippen molar-refractivity contribution in [3.8, 4) is 44.5 Å². The van der Waals surface area contributed by atoms with Crippen molar-refractivity contribution in [2.75, 3.05) is 4.90 Å². The van der Waals surface area contributed by atoms with E-state index in [-0.39, 0.29) is 16.2 Å². The summed E-state index contributed by atoms with van der Waals surface area (Å²) in [6.07, 6.45) is 0. The van der Waals surface area contributed by atoms with Crippen LogP contribution in [0.4, 0.5) is 17.1 Å². The first kappa shape index (κ1) is 40.6. The molecule has 0 spiro atoms. The van der Waals surface area contributed by atoms with Crippen LogP contribution in [0.2, 0.25) is 0 Å². The summed E-state index contributed by atoms with van der Waals surface area (Å²) in [5.74, 6) is 0. The Bertz CT molecular complexity index is 3870. The number of nitrogens with zero attached hydrogens (tertiary/aromatic N) is 1. The van der Waals surface area contributed by atoms with E-state index < -0.39 is 0 Å². The Kier molecular flexibility index (Phi) is 8.49. The van der Waals surface area contributed by atoms with Crippen molar-refractivity contribution in [3.63, 3.8) is 0 Å². The molecule has 13 rings (SSSR count). The molecule has 68 heavy (non-hydrogen) atoms. The van der Waals surface area contributed by atoms with E-state index in [1.54, 1.807) is 0 Å². The van der Waals surface area contributed by atoms with Crippen LogP contribution in [0, 0.1) is 6.92 Å².